The Bertz CT molecular complexity index is 1220. The van der Waals surface area contributed by atoms with E-state index in [9.17, 15) is 9.59 Å². The first-order valence-corrected chi connectivity index (χ1v) is 13.0. The zero-order chi connectivity index (χ0) is 25.6. The number of piperidine rings is 2. The third-order valence-electron chi connectivity index (χ3n) is 7.11. The lowest BCUT2D eigenvalue weighted by Gasteiger charge is -2.31. The van der Waals surface area contributed by atoms with Crippen LogP contribution in [0.15, 0.2) is 53.1 Å². The second-order valence-electron chi connectivity index (χ2n) is 9.70. The van der Waals surface area contributed by atoms with Crippen molar-refractivity contribution in [3.8, 4) is 17.1 Å². The van der Waals surface area contributed by atoms with Gasteiger partial charge in [0.1, 0.15) is 5.75 Å². The average molecular weight is 504 g/mol. The number of nitrogens with zero attached hydrogens (tertiary/aromatic N) is 4. The lowest BCUT2D eigenvalue weighted by atomic mass is 9.96. The number of anilines is 1. The van der Waals surface area contributed by atoms with E-state index in [1.807, 2.05) is 47.4 Å². The molecular weight excluding hydrogens is 470 g/mol. The molecule has 1 aromatic heterocycles. The quantitative estimate of drug-likeness (QED) is 0.515. The summed E-state index contributed by atoms with van der Waals surface area (Å²) in [6.45, 7) is 3.47. The summed E-state index contributed by atoms with van der Waals surface area (Å²) in [5, 5.41) is 7.16. The number of hydrogen-bond donors (Lipinski definition) is 1. The molecule has 2 aliphatic rings. The Morgan fingerprint density at radius 3 is 2.59 bits per heavy atom. The van der Waals surface area contributed by atoms with Crippen molar-refractivity contribution in [3.05, 3.63) is 60.0 Å². The minimum atomic E-state index is -0.184. The second-order valence-corrected chi connectivity index (χ2v) is 9.70. The smallest absolute Gasteiger partial charge is 0.255 e. The van der Waals surface area contributed by atoms with Crippen molar-refractivity contribution in [3.63, 3.8) is 0 Å². The Labute approximate surface area is 216 Å². The van der Waals surface area contributed by atoms with Gasteiger partial charge in [-0.05, 0) is 75.0 Å². The standard InChI is InChI=1S/C28H33N5O4/c1-36-22-13-11-20(12-14-22)26-30-25(37-31-26)19-32-15-7-8-21(18-32)27(34)29-24-10-4-3-9-23(24)28(35)33-16-5-2-6-17-33/h3-4,9-14,21H,2,5-8,15-19H2,1H3,(H,29,34). The van der Waals surface area contributed by atoms with Crippen molar-refractivity contribution in [2.24, 2.45) is 5.92 Å². The van der Waals surface area contributed by atoms with Crippen molar-refractivity contribution in [1.82, 2.24) is 19.9 Å². The van der Waals surface area contributed by atoms with Crippen molar-refractivity contribution in [2.75, 3.05) is 38.6 Å². The molecule has 1 atom stereocenters. The van der Waals surface area contributed by atoms with E-state index in [0.717, 1.165) is 63.1 Å². The number of aromatic nitrogens is 2. The fourth-order valence-electron chi connectivity index (χ4n) is 5.06. The molecule has 0 aliphatic carbocycles. The van der Waals surface area contributed by atoms with E-state index < -0.39 is 0 Å². The number of ether oxygens (including phenoxy) is 1. The molecule has 3 aromatic rings. The lowest BCUT2D eigenvalue weighted by molar-refractivity contribution is -0.121. The van der Waals surface area contributed by atoms with E-state index in [-0.39, 0.29) is 17.7 Å². The number of carbonyl (C=O) groups is 2. The number of carbonyl (C=O) groups excluding carboxylic acids is 2. The summed E-state index contributed by atoms with van der Waals surface area (Å²) in [4.78, 5) is 34.9. The van der Waals surface area contributed by atoms with Gasteiger partial charge in [0.2, 0.25) is 17.6 Å². The van der Waals surface area contributed by atoms with Crippen LogP contribution in [0.4, 0.5) is 5.69 Å². The summed E-state index contributed by atoms with van der Waals surface area (Å²) in [6.07, 6.45) is 4.91. The van der Waals surface area contributed by atoms with Gasteiger partial charge < -0.3 is 19.5 Å². The molecule has 1 N–H and O–H groups in total. The molecule has 9 nitrogen and oxygen atoms in total. The van der Waals surface area contributed by atoms with Crippen molar-refractivity contribution < 1.29 is 18.8 Å². The summed E-state index contributed by atoms with van der Waals surface area (Å²) in [7, 11) is 1.63. The summed E-state index contributed by atoms with van der Waals surface area (Å²) in [6, 6.07) is 14.8. The topological polar surface area (TPSA) is 101 Å². The Balaban J connectivity index is 1.20. The van der Waals surface area contributed by atoms with Gasteiger partial charge in [-0.25, -0.2) is 0 Å². The van der Waals surface area contributed by atoms with Crippen LogP contribution < -0.4 is 10.1 Å². The van der Waals surface area contributed by atoms with Crippen molar-refractivity contribution in [1.29, 1.82) is 0 Å². The zero-order valence-electron chi connectivity index (χ0n) is 21.2. The molecule has 2 aliphatic heterocycles. The number of nitrogens with one attached hydrogen (secondary N) is 1. The molecule has 3 heterocycles. The van der Waals surface area contributed by atoms with Gasteiger partial charge in [-0.2, -0.15) is 4.98 Å². The van der Waals surface area contributed by atoms with Crippen molar-refractivity contribution >= 4 is 17.5 Å². The molecular formula is C28H33N5O4. The molecule has 194 valence electrons. The van der Waals surface area contributed by atoms with Crippen LogP contribution in [0, 0.1) is 5.92 Å². The molecule has 0 radical (unpaired) electrons. The molecule has 5 rings (SSSR count). The Kier molecular flexibility index (Phi) is 7.79. The number of likely N-dealkylation sites (tertiary alicyclic amines) is 2. The normalized spacial score (nSPS) is 18.4. The highest BCUT2D eigenvalue weighted by Crippen LogP contribution is 2.25. The first-order chi connectivity index (χ1) is 18.1. The summed E-state index contributed by atoms with van der Waals surface area (Å²) in [5.41, 5.74) is 1.99. The van der Waals surface area contributed by atoms with Crippen LogP contribution in [0.5, 0.6) is 5.75 Å². The van der Waals surface area contributed by atoms with E-state index in [1.54, 1.807) is 13.2 Å². The van der Waals surface area contributed by atoms with Gasteiger partial charge in [-0.15, -0.1) is 0 Å². The van der Waals surface area contributed by atoms with E-state index in [1.165, 1.54) is 0 Å². The fraction of sp³-hybridized carbons (Fsp3) is 0.429. The average Bonchev–Trinajstić information content (AvgIpc) is 3.42. The highest BCUT2D eigenvalue weighted by molar-refractivity contribution is 6.04. The molecule has 2 aromatic carbocycles. The predicted octanol–water partition coefficient (Wildman–Crippen LogP) is 4.22. The zero-order valence-corrected chi connectivity index (χ0v) is 21.2. The summed E-state index contributed by atoms with van der Waals surface area (Å²) >= 11 is 0. The van der Waals surface area contributed by atoms with Gasteiger partial charge in [0.25, 0.3) is 5.91 Å². The molecule has 0 bridgehead atoms. The summed E-state index contributed by atoms with van der Waals surface area (Å²) in [5.74, 6) is 1.56. The Morgan fingerprint density at radius 1 is 1.03 bits per heavy atom. The van der Waals surface area contributed by atoms with Gasteiger partial charge in [0, 0.05) is 25.2 Å². The van der Waals surface area contributed by atoms with E-state index >= 15 is 0 Å². The van der Waals surface area contributed by atoms with Gasteiger partial charge in [-0.3, -0.25) is 14.5 Å². The maximum absolute atomic E-state index is 13.2. The Morgan fingerprint density at radius 2 is 1.81 bits per heavy atom. The molecule has 9 heteroatoms. The Hall–Kier alpha value is -3.72. The molecule has 37 heavy (non-hydrogen) atoms. The van der Waals surface area contributed by atoms with E-state index in [4.69, 9.17) is 9.26 Å². The molecule has 0 saturated carbocycles. The molecule has 2 amide bonds. The maximum Gasteiger partial charge on any atom is 0.255 e. The van der Waals surface area contributed by atoms with E-state index in [2.05, 4.69) is 20.4 Å². The number of amides is 2. The first-order valence-electron chi connectivity index (χ1n) is 13.0. The highest BCUT2D eigenvalue weighted by atomic mass is 16.5. The summed E-state index contributed by atoms with van der Waals surface area (Å²) < 4.78 is 10.7. The third-order valence-corrected chi connectivity index (χ3v) is 7.11. The SMILES string of the molecule is COc1ccc(-c2noc(CN3CCCC(C(=O)Nc4ccccc4C(=O)N4CCCCC4)C3)n2)cc1. The largest absolute Gasteiger partial charge is 0.497 e. The molecule has 1 unspecified atom stereocenters. The van der Waals surface area contributed by atoms with Crippen LogP contribution in [-0.4, -0.2) is 65.0 Å². The minimum absolute atomic E-state index is 0.00933. The van der Waals surface area contributed by atoms with Crippen LogP contribution in [0.3, 0.4) is 0 Å². The van der Waals surface area contributed by atoms with Crippen LogP contribution in [0.2, 0.25) is 0 Å². The van der Waals surface area contributed by atoms with Crippen LogP contribution in [0.25, 0.3) is 11.4 Å². The number of para-hydroxylation sites is 1. The van der Waals surface area contributed by atoms with Crippen LogP contribution in [-0.2, 0) is 11.3 Å². The lowest BCUT2D eigenvalue weighted by Crippen LogP contribution is -2.40. The van der Waals surface area contributed by atoms with E-state index in [0.29, 0.717) is 36.1 Å². The maximum atomic E-state index is 13.2. The minimum Gasteiger partial charge on any atom is -0.497 e. The first kappa shape index (κ1) is 25.0. The molecule has 2 fully saturated rings. The second kappa shape index (κ2) is 11.6. The highest BCUT2D eigenvalue weighted by Gasteiger charge is 2.28. The van der Waals surface area contributed by atoms with Gasteiger partial charge in [-0.1, -0.05) is 17.3 Å². The number of benzene rings is 2. The van der Waals surface area contributed by atoms with Gasteiger partial charge in [0.15, 0.2) is 0 Å². The fourth-order valence-corrected chi connectivity index (χ4v) is 5.06. The number of methoxy groups -OCH3 is 1. The third kappa shape index (κ3) is 5.99. The van der Waals surface area contributed by atoms with Crippen molar-refractivity contribution in [2.45, 2.75) is 38.6 Å². The molecule has 0 spiro atoms. The monoisotopic (exact) mass is 503 g/mol. The van der Waals surface area contributed by atoms with Gasteiger partial charge >= 0.3 is 0 Å². The number of hydrogen-bond acceptors (Lipinski definition) is 7. The van der Waals surface area contributed by atoms with Crippen LogP contribution >= 0.6 is 0 Å². The molecule has 2 saturated heterocycles. The van der Waals surface area contributed by atoms with Crippen LogP contribution in [0.1, 0.15) is 48.4 Å². The van der Waals surface area contributed by atoms with Gasteiger partial charge in [0.05, 0.1) is 30.8 Å². The predicted molar refractivity (Wildman–Crippen MR) is 139 cm³/mol. The number of rotatable bonds is 7.